The second-order valence-corrected chi connectivity index (χ2v) is 8.29. The van der Waals surface area contributed by atoms with Gasteiger partial charge < -0.3 is 26.4 Å². The molecule has 0 spiro atoms. The zero-order valence-electron chi connectivity index (χ0n) is 18.0. The average molecular weight is 433 g/mol. The van der Waals surface area contributed by atoms with E-state index in [1.165, 1.54) is 4.90 Å². The summed E-state index contributed by atoms with van der Waals surface area (Å²) in [6.45, 7) is 3.78. The van der Waals surface area contributed by atoms with Crippen molar-refractivity contribution in [1.82, 2.24) is 15.5 Å². The van der Waals surface area contributed by atoms with Crippen LogP contribution in [0.25, 0.3) is 0 Å². The van der Waals surface area contributed by atoms with E-state index in [1.807, 2.05) is 44.2 Å². The third-order valence-electron chi connectivity index (χ3n) is 5.21. The number of carbonyl (C=O) groups is 4. The minimum absolute atomic E-state index is 0.227. The van der Waals surface area contributed by atoms with E-state index in [4.69, 9.17) is 10.8 Å². The van der Waals surface area contributed by atoms with Crippen molar-refractivity contribution in [1.29, 1.82) is 0 Å². The maximum Gasteiger partial charge on any atom is 0.322 e. The van der Waals surface area contributed by atoms with Crippen LogP contribution in [0, 0.1) is 5.92 Å². The van der Waals surface area contributed by atoms with E-state index in [-0.39, 0.29) is 18.2 Å². The minimum atomic E-state index is -1.16. The molecule has 0 saturated carbocycles. The van der Waals surface area contributed by atoms with Crippen LogP contribution >= 0.6 is 0 Å². The van der Waals surface area contributed by atoms with Gasteiger partial charge in [0, 0.05) is 13.0 Å². The molecule has 31 heavy (non-hydrogen) atoms. The summed E-state index contributed by atoms with van der Waals surface area (Å²) in [6, 6.07) is 6.92. The number of carbonyl (C=O) groups excluding carboxylic acids is 3. The fourth-order valence-corrected chi connectivity index (χ4v) is 3.73. The van der Waals surface area contributed by atoms with E-state index >= 15 is 0 Å². The maximum atomic E-state index is 13.4. The number of aliphatic carboxylic acids is 1. The third kappa shape index (κ3) is 7.36. The molecule has 0 aromatic heterocycles. The molecule has 170 valence electrons. The van der Waals surface area contributed by atoms with Crippen LogP contribution in [-0.4, -0.2) is 64.9 Å². The summed E-state index contributed by atoms with van der Waals surface area (Å²) in [5.74, 6) is -2.21. The van der Waals surface area contributed by atoms with Gasteiger partial charge in [0.1, 0.15) is 18.6 Å². The Kier molecular flexibility index (Phi) is 8.99. The van der Waals surface area contributed by atoms with Crippen molar-refractivity contribution >= 4 is 23.7 Å². The van der Waals surface area contributed by atoms with Gasteiger partial charge in [-0.25, -0.2) is 0 Å². The Bertz CT molecular complexity index is 783. The predicted octanol–water partition coefficient (Wildman–Crippen LogP) is 0.279. The molecule has 1 saturated heterocycles. The van der Waals surface area contributed by atoms with Crippen molar-refractivity contribution in [2.45, 2.75) is 57.7 Å². The van der Waals surface area contributed by atoms with E-state index in [9.17, 15) is 19.2 Å². The van der Waals surface area contributed by atoms with Crippen molar-refractivity contribution in [3.8, 4) is 0 Å². The number of nitrogens with zero attached hydrogens (tertiary/aromatic N) is 1. The number of amides is 3. The van der Waals surface area contributed by atoms with Crippen LogP contribution in [0.1, 0.15) is 38.7 Å². The standard InChI is InChI=1S/C22H32N4O5/c1-14(2)11-16(23)20(29)25-17(12-15-7-4-3-5-8-15)22(31)26-10-6-9-18(26)21(30)24-13-19(27)28/h3-5,7-8,14,16-18H,6,9-13,23H2,1-2H3,(H,24,30)(H,25,29)(H,27,28). The average Bonchev–Trinajstić information content (AvgIpc) is 3.21. The Morgan fingerprint density at radius 1 is 1.19 bits per heavy atom. The normalized spacial score (nSPS) is 17.8. The molecule has 1 fully saturated rings. The third-order valence-corrected chi connectivity index (χ3v) is 5.21. The number of carboxylic acids is 1. The molecule has 1 aromatic rings. The lowest BCUT2D eigenvalue weighted by Gasteiger charge is -2.29. The molecular formula is C22H32N4O5. The smallest absolute Gasteiger partial charge is 0.322 e. The Balaban J connectivity index is 2.17. The largest absolute Gasteiger partial charge is 0.480 e. The second-order valence-electron chi connectivity index (χ2n) is 8.29. The number of likely N-dealkylation sites (tertiary alicyclic amines) is 1. The summed E-state index contributed by atoms with van der Waals surface area (Å²) < 4.78 is 0. The van der Waals surface area contributed by atoms with Crippen molar-refractivity contribution in [3.63, 3.8) is 0 Å². The first-order chi connectivity index (χ1) is 14.7. The van der Waals surface area contributed by atoms with Gasteiger partial charge in [0.05, 0.1) is 6.04 Å². The van der Waals surface area contributed by atoms with Gasteiger partial charge in [-0.15, -0.1) is 0 Å². The first-order valence-corrected chi connectivity index (χ1v) is 10.6. The number of benzene rings is 1. The monoisotopic (exact) mass is 432 g/mol. The molecule has 0 radical (unpaired) electrons. The van der Waals surface area contributed by atoms with Crippen molar-refractivity contribution in [2.24, 2.45) is 11.7 Å². The number of rotatable bonds is 10. The van der Waals surface area contributed by atoms with Crippen LogP contribution < -0.4 is 16.4 Å². The molecule has 0 bridgehead atoms. The quantitative estimate of drug-likeness (QED) is 0.418. The van der Waals surface area contributed by atoms with Crippen LogP contribution in [0.5, 0.6) is 0 Å². The molecular weight excluding hydrogens is 400 g/mol. The highest BCUT2D eigenvalue weighted by Crippen LogP contribution is 2.20. The SMILES string of the molecule is CC(C)CC(N)C(=O)NC(Cc1ccccc1)C(=O)N1CCCC1C(=O)NCC(=O)O. The van der Waals surface area contributed by atoms with Crippen LogP contribution in [0.2, 0.25) is 0 Å². The number of carboxylic acid groups (broad SMARTS) is 1. The summed E-state index contributed by atoms with van der Waals surface area (Å²) in [5, 5.41) is 13.9. The lowest BCUT2D eigenvalue weighted by atomic mass is 10.0. The van der Waals surface area contributed by atoms with E-state index in [0.717, 1.165) is 5.56 Å². The van der Waals surface area contributed by atoms with Gasteiger partial charge in [-0.2, -0.15) is 0 Å². The van der Waals surface area contributed by atoms with Gasteiger partial charge >= 0.3 is 5.97 Å². The predicted molar refractivity (Wildman–Crippen MR) is 115 cm³/mol. The van der Waals surface area contributed by atoms with Gasteiger partial charge in [0.25, 0.3) is 0 Å². The summed E-state index contributed by atoms with van der Waals surface area (Å²) >= 11 is 0. The molecule has 1 aliphatic heterocycles. The first kappa shape index (κ1) is 24.3. The molecule has 9 nitrogen and oxygen atoms in total. The molecule has 3 amide bonds. The Hall–Kier alpha value is -2.94. The summed E-state index contributed by atoms with van der Waals surface area (Å²) in [6.07, 6.45) is 1.81. The molecule has 1 heterocycles. The van der Waals surface area contributed by atoms with Crippen molar-refractivity contribution in [2.75, 3.05) is 13.1 Å². The number of hydrogen-bond acceptors (Lipinski definition) is 5. The Morgan fingerprint density at radius 3 is 2.48 bits per heavy atom. The Morgan fingerprint density at radius 2 is 1.87 bits per heavy atom. The van der Waals surface area contributed by atoms with Gasteiger partial charge in [-0.3, -0.25) is 19.2 Å². The number of nitrogens with one attached hydrogen (secondary N) is 2. The molecule has 1 aromatic carbocycles. The lowest BCUT2D eigenvalue weighted by Crippen LogP contribution is -2.56. The molecule has 3 atom stereocenters. The van der Waals surface area contributed by atoms with Gasteiger partial charge in [0.2, 0.25) is 17.7 Å². The van der Waals surface area contributed by atoms with Crippen LogP contribution in [0.4, 0.5) is 0 Å². The van der Waals surface area contributed by atoms with Crippen molar-refractivity contribution < 1.29 is 24.3 Å². The van der Waals surface area contributed by atoms with E-state index in [1.54, 1.807) is 0 Å². The summed E-state index contributed by atoms with van der Waals surface area (Å²) in [7, 11) is 0. The van der Waals surface area contributed by atoms with Crippen LogP contribution in [-0.2, 0) is 25.6 Å². The van der Waals surface area contributed by atoms with Gasteiger partial charge in [0.15, 0.2) is 0 Å². The van der Waals surface area contributed by atoms with E-state index in [2.05, 4.69) is 10.6 Å². The van der Waals surface area contributed by atoms with Crippen LogP contribution in [0.15, 0.2) is 30.3 Å². The molecule has 1 aliphatic rings. The number of nitrogens with two attached hydrogens (primary N) is 1. The second kappa shape index (κ2) is 11.5. The van der Waals surface area contributed by atoms with E-state index < -0.39 is 42.5 Å². The molecule has 5 N–H and O–H groups in total. The first-order valence-electron chi connectivity index (χ1n) is 10.6. The zero-order chi connectivity index (χ0) is 23.0. The van der Waals surface area contributed by atoms with Crippen molar-refractivity contribution in [3.05, 3.63) is 35.9 Å². The molecule has 3 unspecified atom stereocenters. The molecule has 9 heteroatoms. The van der Waals surface area contributed by atoms with Gasteiger partial charge in [-0.1, -0.05) is 44.2 Å². The van der Waals surface area contributed by atoms with Gasteiger partial charge in [-0.05, 0) is 30.7 Å². The molecule has 2 rings (SSSR count). The summed E-state index contributed by atoms with van der Waals surface area (Å²) in [5.41, 5.74) is 6.87. The van der Waals surface area contributed by atoms with E-state index in [0.29, 0.717) is 25.8 Å². The minimum Gasteiger partial charge on any atom is -0.480 e. The Labute approximate surface area is 182 Å². The highest BCUT2D eigenvalue weighted by molar-refractivity contribution is 5.94. The molecule has 0 aliphatic carbocycles. The number of hydrogen-bond donors (Lipinski definition) is 4. The highest BCUT2D eigenvalue weighted by Gasteiger charge is 2.38. The maximum absolute atomic E-state index is 13.4. The lowest BCUT2D eigenvalue weighted by molar-refractivity contribution is -0.142. The summed E-state index contributed by atoms with van der Waals surface area (Å²) in [4.78, 5) is 50.6. The fraction of sp³-hybridized carbons (Fsp3) is 0.545. The zero-order valence-corrected chi connectivity index (χ0v) is 18.0. The fourth-order valence-electron chi connectivity index (χ4n) is 3.73. The topological polar surface area (TPSA) is 142 Å². The highest BCUT2D eigenvalue weighted by atomic mass is 16.4. The van der Waals surface area contributed by atoms with Crippen LogP contribution in [0.3, 0.4) is 0 Å².